The lowest BCUT2D eigenvalue weighted by Crippen LogP contribution is -2.50. The van der Waals surface area contributed by atoms with Crippen LogP contribution in [0, 0.1) is 12.8 Å². The molecule has 0 atom stereocenters. The second-order valence-electron chi connectivity index (χ2n) is 4.98. The smallest absolute Gasteiger partial charge is 0.140 e. The molecule has 2 heterocycles. The standard InChI is InChI=1S/C14H18N4S/c1-9-16-13-4-3-11(19-2)5-12(13)14(17-9)18-7-10(6-15)8-18/h3-5,10H,6-8,15H2,1-2H3. The molecular weight excluding hydrogens is 256 g/mol. The van der Waals surface area contributed by atoms with Gasteiger partial charge in [-0.3, -0.25) is 0 Å². The van der Waals surface area contributed by atoms with Crippen molar-refractivity contribution in [2.45, 2.75) is 11.8 Å². The van der Waals surface area contributed by atoms with Gasteiger partial charge >= 0.3 is 0 Å². The predicted molar refractivity (Wildman–Crippen MR) is 80.8 cm³/mol. The molecule has 0 radical (unpaired) electrons. The van der Waals surface area contributed by atoms with Gasteiger partial charge in [0, 0.05) is 29.3 Å². The third-order valence-corrected chi connectivity index (χ3v) is 4.31. The lowest BCUT2D eigenvalue weighted by molar-refractivity contribution is 0.418. The second kappa shape index (κ2) is 4.98. The van der Waals surface area contributed by atoms with Crippen molar-refractivity contribution in [1.29, 1.82) is 0 Å². The summed E-state index contributed by atoms with van der Waals surface area (Å²) in [4.78, 5) is 12.7. The van der Waals surface area contributed by atoms with Crippen molar-refractivity contribution in [3.63, 3.8) is 0 Å². The lowest BCUT2D eigenvalue weighted by Gasteiger charge is -2.40. The number of aromatic nitrogens is 2. The molecule has 4 nitrogen and oxygen atoms in total. The Morgan fingerprint density at radius 1 is 1.37 bits per heavy atom. The number of aryl methyl sites for hydroxylation is 1. The van der Waals surface area contributed by atoms with Crippen molar-refractivity contribution >= 4 is 28.5 Å². The first-order valence-corrected chi connectivity index (χ1v) is 7.71. The second-order valence-corrected chi connectivity index (χ2v) is 5.86. The third-order valence-electron chi connectivity index (χ3n) is 3.58. The SMILES string of the molecule is CSc1ccc2nc(C)nc(N3CC(CN)C3)c2c1. The highest BCUT2D eigenvalue weighted by molar-refractivity contribution is 7.98. The van der Waals surface area contributed by atoms with Gasteiger partial charge in [0.25, 0.3) is 0 Å². The van der Waals surface area contributed by atoms with E-state index in [1.54, 1.807) is 11.8 Å². The number of rotatable bonds is 3. The van der Waals surface area contributed by atoms with E-state index in [0.29, 0.717) is 5.92 Å². The molecule has 0 unspecified atom stereocenters. The monoisotopic (exact) mass is 274 g/mol. The number of hydrogen-bond acceptors (Lipinski definition) is 5. The maximum absolute atomic E-state index is 5.70. The number of hydrogen-bond donors (Lipinski definition) is 1. The van der Waals surface area contributed by atoms with Gasteiger partial charge in [-0.2, -0.15) is 0 Å². The summed E-state index contributed by atoms with van der Waals surface area (Å²) in [5.74, 6) is 2.49. The van der Waals surface area contributed by atoms with E-state index in [1.807, 2.05) is 6.92 Å². The van der Waals surface area contributed by atoms with Crippen molar-refractivity contribution in [1.82, 2.24) is 9.97 Å². The molecule has 1 aliphatic heterocycles. The highest BCUT2D eigenvalue weighted by Crippen LogP contribution is 2.31. The minimum Gasteiger partial charge on any atom is -0.355 e. The Morgan fingerprint density at radius 2 is 2.16 bits per heavy atom. The van der Waals surface area contributed by atoms with Crippen LogP contribution in [0.1, 0.15) is 5.82 Å². The van der Waals surface area contributed by atoms with E-state index in [0.717, 1.165) is 42.2 Å². The summed E-state index contributed by atoms with van der Waals surface area (Å²) >= 11 is 1.74. The molecule has 2 N–H and O–H groups in total. The maximum Gasteiger partial charge on any atom is 0.140 e. The molecule has 1 aromatic carbocycles. The first-order chi connectivity index (χ1) is 9.21. The zero-order valence-electron chi connectivity index (χ0n) is 11.3. The van der Waals surface area contributed by atoms with Crippen molar-refractivity contribution in [2.24, 2.45) is 11.7 Å². The van der Waals surface area contributed by atoms with E-state index in [2.05, 4.69) is 39.3 Å². The summed E-state index contributed by atoms with van der Waals surface area (Å²) < 4.78 is 0. The fourth-order valence-electron chi connectivity index (χ4n) is 2.46. The van der Waals surface area contributed by atoms with Crippen molar-refractivity contribution in [3.05, 3.63) is 24.0 Å². The van der Waals surface area contributed by atoms with Gasteiger partial charge < -0.3 is 10.6 Å². The summed E-state index contributed by atoms with van der Waals surface area (Å²) in [6, 6.07) is 6.38. The molecule has 0 bridgehead atoms. The van der Waals surface area contributed by atoms with Crippen LogP contribution in [-0.4, -0.2) is 35.9 Å². The molecule has 1 aliphatic rings. The highest BCUT2D eigenvalue weighted by atomic mass is 32.2. The Hall–Kier alpha value is -1.33. The van der Waals surface area contributed by atoms with Crippen LogP contribution in [0.3, 0.4) is 0 Å². The first kappa shape index (κ1) is 12.7. The van der Waals surface area contributed by atoms with Crippen molar-refractivity contribution in [2.75, 3.05) is 30.8 Å². The van der Waals surface area contributed by atoms with Gasteiger partial charge in [-0.15, -0.1) is 11.8 Å². The zero-order chi connectivity index (χ0) is 13.4. The van der Waals surface area contributed by atoms with E-state index in [4.69, 9.17) is 5.73 Å². The normalized spacial score (nSPS) is 15.8. The largest absolute Gasteiger partial charge is 0.355 e. The van der Waals surface area contributed by atoms with E-state index >= 15 is 0 Å². The van der Waals surface area contributed by atoms with Crippen LogP contribution in [0.15, 0.2) is 23.1 Å². The molecule has 5 heteroatoms. The Kier molecular flexibility index (Phi) is 3.33. The molecule has 2 aromatic rings. The Balaban J connectivity index is 2.06. The summed E-state index contributed by atoms with van der Waals surface area (Å²) in [6.07, 6.45) is 2.09. The fourth-order valence-corrected chi connectivity index (χ4v) is 2.90. The van der Waals surface area contributed by atoms with E-state index in [-0.39, 0.29) is 0 Å². The summed E-state index contributed by atoms with van der Waals surface area (Å²) in [7, 11) is 0. The molecule has 0 amide bonds. The van der Waals surface area contributed by atoms with E-state index in [1.165, 1.54) is 4.90 Å². The Morgan fingerprint density at radius 3 is 2.84 bits per heavy atom. The van der Waals surface area contributed by atoms with Crippen LogP contribution in [0.4, 0.5) is 5.82 Å². The van der Waals surface area contributed by atoms with Crippen LogP contribution in [0.5, 0.6) is 0 Å². The van der Waals surface area contributed by atoms with Crippen LogP contribution in [-0.2, 0) is 0 Å². The van der Waals surface area contributed by atoms with Crippen molar-refractivity contribution in [3.8, 4) is 0 Å². The molecule has 0 saturated carbocycles. The predicted octanol–water partition coefficient (Wildman–Crippen LogP) is 2.06. The number of benzene rings is 1. The molecule has 19 heavy (non-hydrogen) atoms. The Labute approximate surface area is 117 Å². The lowest BCUT2D eigenvalue weighted by atomic mass is 10.00. The molecule has 3 rings (SSSR count). The van der Waals surface area contributed by atoms with Gasteiger partial charge in [-0.1, -0.05) is 0 Å². The quantitative estimate of drug-likeness (QED) is 0.868. The van der Waals surface area contributed by atoms with Crippen LogP contribution in [0.2, 0.25) is 0 Å². The van der Waals surface area contributed by atoms with Crippen LogP contribution >= 0.6 is 11.8 Å². The van der Waals surface area contributed by atoms with E-state index < -0.39 is 0 Å². The first-order valence-electron chi connectivity index (χ1n) is 6.48. The fraction of sp³-hybridized carbons (Fsp3) is 0.429. The van der Waals surface area contributed by atoms with Crippen molar-refractivity contribution < 1.29 is 0 Å². The number of anilines is 1. The van der Waals surface area contributed by atoms with Gasteiger partial charge in [0.15, 0.2) is 0 Å². The number of thioether (sulfide) groups is 1. The number of nitrogens with two attached hydrogens (primary N) is 1. The van der Waals surface area contributed by atoms with E-state index in [9.17, 15) is 0 Å². The van der Waals surface area contributed by atoms with Gasteiger partial charge in [0.05, 0.1) is 5.52 Å². The number of fused-ring (bicyclic) bond motifs is 1. The molecule has 100 valence electrons. The molecule has 1 saturated heterocycles. The topological polar surface area (TPSA) is 55.0 Å². The van der Waals surface area contributed by atoms with Gasteiger partial charge in [0.1, 0.15) is 11.6 Å². The van der Waals surface area contributed by atoms with Crippen LogP contribution in [0.25, 0.3) is 10.9 Å². The van der Waals surface area contributed by atoms with Gasteiger partial charge in [-0.05, 0) is 37.9 Å². The summed E-state index contributed by atoms with van der Waals surface area (Å²) in [5, 5.41) is 1.15. The average Bonchev–Trinajstić information content (AvgIpc) is 2.37. The summed E-state index contributed by atoms with van der Waals surface area (Å²) in [6.45, 7) is 4.72. The Bertz CT molecular complexity index is 608. The van der Waals surface area contributed by atoms with Gasteiger partial charge in [-0.25, -0.2) is 9.97 Å². The maximum atomic E-state index is 5.70. The molecule has 1 fully saturated rings. The van der Waals surface area contributed by atoms with Gasteiger partial charge in [0.2, 0.25) is 0 Å². The highest BCUT2D eigenvalue weighted by Gasteiger charge is 2.28. The minimum atomic E-state index is 0.606. The molecule has 0 spiro atoms. The summed E-state index contributed by atoms with van der Waals surface area (Å²) in [5.41, 5.74) is 6.72. The van der Waals surface area contributed by atoms with Crippen LogP contribution < -0.4 is 10.6 Å². The zero-order valence-corrected chi connectivity index (χ0v) is 12.1. The molecular formula is C14H18N4S. The molecule has 0 aliphatic carbocycles. The number of nitrogens with zero attached hydrogens (tertiary/aromatic N) is 3. The third kappa shape index (κ3) is 2.28. The minimum absolute atomic E-state index is 0.606. The average molecular weight is 274 g/mol. The molecule has 1 aromatic heterocycles.